The number of carbonyl (C=O) groups is 2. The molecule has 0 saturated carbocycles. The van der Waals surface area contributed by atoms with Crippen LogP contribution in [0.15, 0.2) is 23.1 Å². The molecule has 7 heteroatoms. The highest BCUT2D eigenvalue weighted by atomic mass is 32.2. The van der Waals surface area contributed by atoms with Gasteiger partial charge in [-0.3, -0.25) is 10.1 Å². The normalized spacial score (nSPS) is 9.94. The quantitative estimate of drug-likeness (QED) is 0.555. The van der Waals surface area contributed by atoms with Crippen molar-refractivity contribution in [1.82, 2.24) is 5.32 Å². The highest BCUT2D eigenvalue weighted by molar-refractivity contribution is 7.99. The van der Waals surface area contributed by atoms with E-state index in [1.54, 1.807) is 6.07 Å². The molecule has 17 heavy (non-hydrogen) atoms. The van der Waals surface area contributed by atoms with Crippen LogP contribution in [0.2, 0.25) is 0 Å². The van der Waals surface area contributed by atoms with Crippen LogP contribution >= 0.6 is 11.8 Å². The van der Waals surface area contributed by atoms with Crippen molar-refractivity contribution in [2.45, 2.75) is 11.3 Å². The van der Waals surface area contributed by atoms with Gasteiger partial charge in [0.25, 0.3) is 0 Å². The maximum absolute atomic E-state index is 13.1. The molecule has 0 aliphatic rings. The molecule has 0 unspecified atom stereocenters. The number of benzene rings is 1. The van der Waals surface area contributed by atoms with Crippen LogP contribution in [0.1, 0.15) is 6.42 Å². The summed E-state index contributed by atoms with van der Waals surface area (Å²) in [6.45, 7) is 0. The van der Waals surface area contributed by atoms with E-state index in [4.69, 9.17) is 11.5 Å². The van der Waals surface area contributed by atoms with E-state index in [0.29, 0.717) is 10.6 Å². The SMILES string of the molecule is NC(=O)NC(=O)CCSc1ccc(N)c(F)c1. The second-order valence-corrected chi connectivity index (χ2v) is 4.36. The molecule has 0 bridgehead atoms. The number of imide groups is 1. The van der Waals surface area contributed by atoms with Gasteiger partial charge in [-0.25, -0.2) is 9.18 Å². The summed E-state index contributed by atoms with van der Waals surface area (Å²) in [4.78, 5) is 22.1. The Hall–Kier alpha value is -1.76. The van der Waals surface area contributed by atoms with Gasteiger partial charge >= 0.3 is 6.03 Å². The smallest absolute Gasteiger partial charge is 0.318 e. The number of nitrogens with one attached hydrogen (secondary N) is 1. The molecule has 3 amide bonds. The van der Waals surface area contributed by atoms with Crippen molar-refractivity contribution in [2.75, 3.05) is 11.5 Å². The molecule has 0 atom stereocenters. The van der Waals surface area contributed by atoms with Crippen molar-refractivity contribution < 1.29 is 14.0 Å². The fourth-order valence-electron chi connectivity index (χ4n) is 1.06. The lowest BCUT2D eigenvalue weighted by Crippen LogP contribution is -2.35. The van der Waals surface area contributed by atoms with Crippen molar-refractivity contribution in [3.8, 4) is 0 Å². The van der Waals surface area contributed by atoms with Crippen LogP contribution in [-0.4, -0.2) is 17.7 Å². The van der Waals surface area contributed by atoms with Crippen LogP contribution in [0.4, 0.5) is 14.9 Å². The van der Waals surface area contributed by atoms with Gasteiger partial charge in [0.15, 0.2) is 0 Å². The van der Waals surface area contributed by atoms with E-state index in [2.05, 4.69) is 0 Å². The molecule has 1 aromatic carbocycles. The van der Waals surface area contributed by atoms with Gasteiger partial charge in [-0.05, 0) is 18.2 Å². The van der Waals surface area contributed by atoms with Gasteiger partial charge in [-0.2, -0.15) is 0 Å². The lowest BCUT2D eigenvalue weighted by atomic mass is 10.3. The zero-order valence-corrected chi connectivity index (χ0v) is 9.72. The molecular weight excluding hydrogens is 245 g/mol. The number of hydrogen-bond donors (Lipinski definition) is 3. The monoisotopic (exact) mass is 257 g/mol. The van der Waals surface area contributed by atoms with Gasteiger partial charge in [-0.1, -0.05) is 0 Å². The van der Waals surface area contributed by atoms with Gasteiger partial charge in [0, 0.05) is 17.1 Å². The third-order valence-electron chi connectivity index (χ3n) is 1.83. The number of carbonyl (C=O) groups excluding carboxylic acids is 2. The van der Waals surface area contributed by atoms with E-state index in [-0.39, 0.29) is 12.1 Å². The Morgan fingerprint density at radius 1 is 1.41 bits per heavy atom. The Bertz CT molecular complexity index is 440. The zero-order valence-electron chi connectivity index (χ0n) is 8.90. The standard InChI is InChI=1S/C10H12FN3O2S/c11-7-5-6(1-2-8(7)12)17-4-3-9(15)14-10(13)16/h1-2,5H,3-4,12H2,(H3,13,14,15,16). The number of halogens is 1. The highest BCUT2D eigenvalue weighted by Gasteiger charge is 2.05. The number of hydrogen-bond acceptors (Lipinski definition) is 4. The van der Waals surface area contributed by atoms with Crippen molar-refractivity contribution in [3.05, 3.63) is 24.0 Å². The van der Waals surface area contributed by atoms with Crippen LogP contribution in [0.3, 0.4) is 0 Å². The number of nitrogens with two attached hydrogens (primary N) is 2. The van der Waals surface area contributed by atoms with E-state index in [9.17, 15) is 14.0 Å². The molecule has 0 aliphatic heterocycles. The number of thioether (sulfide) groups is 1. The topological polar surface area (TPSA) is 98.2 Å². The number of urea groups is 1. The summed E-state index contributed by atoms with van der Waals surface area (Å²) in [5, 5.41) is 1.94. The van der Waals surface area contributed by atoms with E-state index in [1.165, 1.54) is 23.9 Å². The lowest BCUT2D eigenvalue weighted by molar-refractivity contribution is -0.119. The van der Waals surface area contributed by atoms with Crippen LogP contribution in [-0.2, 0) is 4.79 Å². The average molecular weight is 257 g/mol. The van der Waals surface area contributed by atoms with Crippen LogP contribution in [0.5, 0.6) is 0 Å². The summed E-state index contributed by atoms with van der Waals surface area (Å²) in [5.74, 6) is -0.528. The minimum Gasteiger partial charge on any atom is -0.396 e. The molecule has 0 aromatic heterocycles. The summed E-state index contributed by atoms with van der Waals surface area (Å²) >= 11 is 1.29. The number of rotatable bonds is 4. The summed E-state index contributed by atoms with van der Waals surface area (Å²) in [6.07, 6.45) is 0.125. The van der Waals surface area contributed by atoms with Crippen molar-refractivity contribution in [1.29, 1.82) is 0 Å². The molecule has 92 valence electrons. The molecule has 0 spiro atoms. The average Bonchev–Trinajstić information content (AvgIpc) is 2.22. The third kappa shape index (κ3) is 4.73. The molecule has 1 aromatic rings. The van der Waals surface area contributed by atoms with Crippen molar-refractivity contribution in [3.63, 3.8) is 0 Å². The first kappa shape index (κ1) is 13.3. The predicted molar refractivity (Wildman–Crippen MR) is 63.9 cm³/mol. The first-order valence-corrected chi connectivity index (χ1v) is 5.74. The summed E-state index contributed by atoms with van der Waals surface area (Å²) in [5.41, 5.74) is 10.2. The number of primary amides is 1. The molecule has 1 rings (SSSR count). The Labute approximate surface area is 102 Å². The third-order valence-corrected chi connectivity index (χ3v) is 2.83. The molecule has 0 saturated heterocycles. The van der Waals surface area contributed by atoms with Gasteiger partial charge in [0.05, 0.1) is 5.69 Å². The van der Waals surface area contributed by atoms with Gasteiger partial charge < -0.3 is 11.5 Å². The van der Waals surface area contributed by atoms with E-state index >= 15 is 0 Å². The van der Waals surface area contributed by atoms with Gasteiger partial charge in [0.2, 0.25) is 5.91 Å². The van der Waals surface area contributed by atoms with Crippen LogP contribution in [0.25, 0.3) is 0 Å². The van der Waals surface area contributed by atoms with Crippen molar-refractivity contribution >= 4 is 29.4 Å². The van der Waals surface area contributed by atoms with Crippen LogP contribution < -0.4 is 16.8 Å². The Balaban J connectivity index is 2.38. The largest absolute Gasteiger partial charge is 0.396 e. The Morgan fingerprint density at radius 2 is 2.12 bits per heavy atom. The second kappa shape index (κ2) is 6.09. The van der Waals surface area contributed by atoms with E-state index in [1.807, 2.05) is 5.32 Å². The molecule has 0 fully saturated rings. The fourth-order valence-corrected chi connectivity index (χ4v) is 1.93. The van der Waals surface area contributed by atoms with E-state index < -0.39 is 17.8 Å². The first-order chi connectivity index (χ1) is 7.99. The molecule has 0 radical (unpaired) electrons. The number of amides is 3. The molecule has 5 N–H and O–H groups in total. The van der Waals surface area contributed by atoms with Gasteiger partial charge in [0.1, 0.15) is 5.82 Å². The molecular formula is C10H12FN3O2S. The predicted octanol–water partition coefficient (Wildman–Crippen LogP) is 1.08. The highest BCUT2D eigenvalue weighted by Crippen LogP contribution is 2.22. The number of anilines is 1. The minimum atomic E-state index is -0.876. The van der Waals surface area contributed by atoms with Crippen LogP contribution in [0, 0.1) is 5.82 Å². The molecule has 0 heterocycles. The Morgan fingerprint density at radius 3 is 2.71 bits per heavy atom. The van der Waals surface area contributed by atoms with Gasteiger partial charge in [-0.15, -0.1) is 11.8 Å². The van der Waals surface area contributed by atoms with E-state index in [0.717, 1.165) is 0 Å². The number of nitrogen functional groups attached to an aromatic ring is 1. The molecule has 5 nitrogen and oxygen atoms in total. The maximum Gasteiger partial charge on any atom is 0.318 e. The lowest BCUT2D eigenvalue weighted by Gasteiger charge is -2.03. The van der Waals surface area contributed by atoms with Crippen molar-refractivity contribution in [2.24, 2.45) is 5.73 Å². The first-order valence-electron chi connectivity index (χ1n) is 4.76. The maximum atomic E-state index is 13.1. The zero-order chi connectivity index (χ0) is 12.8. The minimum absolute atomic E-state index is 0.0841. The Kier molecular flexibility index (Phi) is 4.77. The second-order valence-electron chi connectivity index (χ2n) is 3.19. The summed E-state index contributed by atoms with van der Waals surface area (Å²) < 4.78 is 13.1. The fraction of sp³-hybridized carbons (Fsp3) is 0.200. The summed E-state index contributed by atoms with van der Waals surface area (Å²) in [6, 6.07) is 3.54. The molecule has 0 aliphatic carbocycles. The summed E-state index contributed by atoms with van der Waals surface area (Å²) in [7, 11) is 0.